The molecule has 2 N–H and O–H groups in total. The summed E-state index contributed by atoms with van der Waals surface area (Å²) in [6.45, 7) is 0. The highest BCUT2D eigenvalue weighted by Gasteiger charge is 2.17. The lowest BCUT2D eigenvalue weighted by atomic mass is 10.1. The molecule has 0 spiro atoms. The van der Waals surface area contributed by atoms with Crippen molar-refractivity contribution in [1.29, 1.82) is 0 Å². The molecule has 0 amide bonds. The molecule has 4 nitrogen and oxygen atoms in total. The van der Waals surface area contributed by atoms with Crippen molar-refractivity contribution in [2.75, 3.05) is 24.3 Å². The summed E-state index contributed by atoms with van der Waals surface area (Å²) in [5.41, 5.74) is 5.60. The molecule has 0 unspecified atom stereocenters. The summed E-state index contributed by atoms with van der Waals surface area (Å²) in [6, 6.07) is 30.1. The Labute approximate surface area is 165 Å². The first-order valence-corrected chi connectivity index (χ1v) is 9.23. The number of nitrogens with zero attached hydrogens (tertiary/aromatic N) is 2. The van der Waals surface area contributed by atoms with Crippen molar-refractivity contribution in [1.82, 2.24) is 4.57 Å². The van der Waals surface area contributed by atoms with Crippen LogP contribution in [0.4, 0.5) is 17.1 Å². The number of aromatic hydroxyl groups is 1. The molecule has 0 saturated heterocycles. The molecule has 4 rings (SSSR count). The van der Waals surface area contributed by atoms with Gasteiger partial charge in [-0.05, 0) is 48.0 Å². The molecule has 1 aromatic heterocycles. The van der Waals surface area contributed by atoms with Crippen molar-refractivity contribution < 1.29 is 5.11 Å². The molecule has 0 bridgehead atoms. The molecule has 0 aliphatic heterocycles. The highest BCUT2D eigenvalue weighted by atomic mass is 16.3. The molecule has 140 valence electrons. The second kappa shape index (κ2) is 7.53. The van der Waals surface area contributed by atoms with E-state index in [1.807, 2.05) is 85.4 Å². The average molecular weight is 369 g/mol. The predicted octanol–water partition coefficient (Wildman–Crippen LogP) is 5.66. The summed E-state index contributed by atoms with van der Waals surface area (Å²) >= 11 is 0. The summed E-state index contributed by atoms with van der Waals surface area (Å²) in [6.07, 6.45) is 0. The fraction of sp³-hybridized carbons (Fsp3) is 0.0833. The third-order valence-electron chi connectivity index (χ3n) is 4.72. The van der Waals surface area contributed by atoms with Gasteiger partial charge in [0.2, 0.25) is 5.88 Å². The van der Waals surface area contributed by atoms with Crippen LogP contribution in [0.5, 0.6) is 5.88 Å². The maximum absolute atomic E-state index is 11.0. The molecule has 4 aromatic rings. The minimum Gasteiger partial charge on any atom is -0.493 e. The van der Waals surface area contributed by atoms with Gasteiger partial charge in [0.25, 0.3) is 0 Å². The van der Waals surface area contributed by atoms with Gasteiger partial charge in [-0.15, -0.1) is 0 Å². The van der Waals surface area contributed by atoms with E-state index in [4.69, 9.17) is 0 Å². The maximum atomic E-state index is 11.0. The van der Waals surface area contributed by atoms with Gasteiger partial charge in [-0.25, -0.2) is 0 Å². The van der Waals surface area contributed by atoms with Crippen molar-refractivity contribution >= 4 is 17.1 Å². The van der Waals surface area contributed by atoms with Crippen molar-refractivity contribution in [3.8, 4) is 22.8 Å². The van der Waals surface area contributed by atoms with Crippen molar-refractivity contribution in [3.05, 3.63) is 91.0 Å². The van der Waals surface area contributed by atoms with Gasteiger partial charge in [-0.1, -0.05) is 48.5 Å². The Morgan fingerprint density at radius 1 is 0.786 bits per heavy atom. The summed E-state index contributed by atoms with van der Waals surface area (Å²) in [5, 5.41) is 14.3. The fourth-order valence-corrected chi connectivity index (χ4v) is 3.25. The number of nitrogens with one attached hydrogen (secondary N) is 1. The zero-order chi connectivity index (χ0) is 19.5. The first-order valence-electron chi connectivity index (χ1n) is 9.23. The number of rotatable bonds is 5. The lowest BCUT2D eigenvalue weighted by Crippen LogP contribution is -2.08. The van der Waals surface area contributed by atoms with E-state index in [1.165, 1.54) is 0 Å². The van der Waals surface area contributed by atoms with Crippen LogP contribution in [0.15, 0.2) is 91.0 Å². The first-order chi connectivity index (χ1) is 13.6. The zero-order valence-electron chi connectivity index (χ0n) is 16.0. The van der Waals surface area contributed by atoms with Crippen LogP contribution in [0.3, 0.4) is 0 Å². The number of aromatic nitrogens is 1. The number of benzene rings is 3. The van der Waals surface area contributed by atoms with Crippen LogP contribution >= 0.6 is 0 Å². The van der Waals surface area contributed by atoms with Crippen LogP contribution in [-0.4, -0.2) is 23.8 Å². The summed E-state index contributed by atoms with van der Waals surface area (Å²) in [7, 11) is 4.05. The Bertz CT molecular complexity index is 1050. The monoisotopic (exact) mass is 369 g/mol. The Hall–Kier alpha value is -3.66. The largest absolute Gasteiger partial charge is 0.493 e. The van der Waals surface area contributed by atoms with Gasteiger partial charge in [0, 0.05) is 31.2 Å². The number of para-hydroxylation sites is 2. The maximum Gasteiger partial charge on any atom is 0.220 e. The van der Waals surface area contributed by atoms with Gasteiger partial charge < -0.3 is 15.3 Å². The van der Waals surface area contributed by atoms with Crippen LogP contribution < -0.4 is 10.2 Å². The van der Waals surface area contributed by atoms with Crippen LogP contribution in [0.1, 0.15) is 0 Å². The van der Waals surface area contributed by atoms with Crippen molar-refractivity contribution in [3.63, 3.8) is 0 Å². The molecule has 0 atom stereocenters. The Kier molecular flexibility index (Phi) is 4.77. The third-order valence-corrected chi connectivity index (χ3v) is 4.72. The molecule has 0 saturated carbocycles. The second-order valence-corrected chi connectivity index (χ2v) is 6.87. The summed E-state index contributed by atoms with van der Waals surface area (Å²) in [4.78, 5) is 2.07. The second-order valence-electron chi connectivity index (χ2n) is 6.87. The minimum absolute atomic E-state index is 0.182. The molecule has 3 aromatic carbocycles. The molecular formula is C24H23N3O. The van der Waals surface area contributed by atoms with E-state index in [0.29, 0.717) is 5.69 Å². The summed E-state index contributed by atoms with van der Waals surface area (Å²) < 4.78 is 1.87. The number of hydrogen-bond donors (Lipinski definition) is 2. The SMILES string of the molecule is CN(C)c1ccc(-c2cc(Nc3ccccc3)c(O)n2-c2ccccc2)cc1. The standard InChI is InChI=1S/C24H23N3O/c1-26(2)20-15-13-18(14-16-20)23-17-22(25-19-9-5-3-6-10-19)24(28)27(23)21-11-7-4-8-12-21/h3-17,25,28H,1-2H3. The molecule has 0 fully saturated rings. The number of anilines is 3. The molecule has 0 radical (unpaired) electrons. The molecule has 0 aliphatic rings. The van der Waals surface area contributed by atoms with E-state index in [9.17, 15) is 5.11 Å². The van der Waals surface area contributed by atoms with Gasteiger partial charge >= 0.3 is 0 Å². The van der Waals surface area contributed by atoms with E-state index >= 15 is 0 Å². The van der Waals surface area contributed by atoms with Crippen LogP contribution in [0, 0.1) is 0 Å². The number of hydrogen-bond acceptors (Lipinski definition) is 3. The van der Waals surface area contributed by atoms with Gasteiger partial charge in [0.05, 0.1) is 5.69 Å². The Morgan fingerprint density at radius 2 is 1.39 bits per heavy atom. The molecular weight excluding hydrogens is 346 g/mol. The lowest BCUT2D eigenvalue weighted by molar-refractivity contribution is 0.446. The van der Waals surface area contributed by atoms with E-state index in [0.717, 1.165) is 28.3 Å². The van der Waals surface area contributed by atoms with Gasteiger partial charge in [0.1, 0.15) is 5.69 Å². The van der Waals surface area contributed by atoms with E-state index in [1.54, 1.807) is 0 Å². The van der Waals surface area contributed by atoms with Crippen LogP contribution in [-0.2, 0) is 0 Å². The van der Waals surface area contributed by atoms with E-state index in [2.05, 4.69) is 34.5 Å². The molecule has 0 aliphatic carbocycles. The smallest absolute Gasteiger partial charge is 0.220 e. The Balaban J connectivity index is 1.83. The van der Waals surface area contributed by atoms with E-state index < -0.39 is 0 Å². The highest BCUT2D eigenvalue weighted by molar-refractivity contribution is 5.77. The topological polar surface area (TPSA) is 40.4 Å². The van der Waals surface area contributed by atoms with Gasteiger partial charge in [0.15, 0.2) is 0 Å². The third kappa shape index (κ3) is 3.45. The Morgan fingerprint density at radius 3 is 2.00 bits per heavy atom. The predicted molar refractivity (Wildman–Crippen MR) is 117 cm³/mol. The highest BCUT2D eigenvalue weighted by Crippen LogP contribution is 2.38. The molecule has 4 heteroatoms. The quantitative estimate of drug-likeness (QED) is 0.477. The average Bonchev–Trinajstić information content (AvgIpc) is 3.05. The zero-order valence-corrected chi connectivity index (χ0v) is 16.0. The van der Waals surface area contributed by atoms with Crippen LogP contribution in [0.2, 0.25) is 0 Å². The minimum atomic E-state index is 0.182. The first kappa shape index (κ1) is 17.7. The molecule has 1 heterocycles. The van der Waals surface area contributed by atoms with Crippen molar-refractivity contribution in [2.24, 2.45) is 0 Å². The lowest BCUT2D eigenvalue weighted by Gasteiger charge is -2.14. The normalized spacial score (nSPS) is 10.6. The van der Waals surface area contributed by atoms with E-state index in [-0.39, 0.29) is 5.88 Å². The fourth-order valence-electron chi connectivity index (χ4n) is 3.25. The van der Waals surface area contributed by atoms with Crippen molar-refractivity contribution in [2.45, 2.75) is 0 Å². The van der Waals surface area contributed by atoms with Gasteiger partial charge in [-0.3, -0.25) is 4.57 Å². The molecule has 28 heavy (non-hydrogen) atoms. The van der Waals surface area contributed by atoms with Crippen LogP contribution in [0.25, 0.3) is 16.9 Å². The summed E-state index contributed by atoms with van der Waals surface area (Å²) in [5.74, 6) is 0.182. The van der Waals surface area contributed by atoms with Gasteiger partial charge in [-0.2, -0.15) is 0 Å².